The van der Waals surface area contributed by atoms with Gasteiger partial charge in [-0.15, -0.1) is 0 Å². The first kappa shape index (κ1) is 13.8. The molecule has 6 nitrogen and oxygen atoms in total. The molecule has 0 amide bonds. The summed E-state index contributed by atoms with van der Waals surface area (Å²) < 4.78 is 2.68. The second-order valence-electron chi connectivity index (χ2n) is 4.11. The topological polar surface area (TPSA) is 67.7 Å². The van der Waals surface area contributed by atoms with Crippen molar-refractivity contribution in [3.05, 3.63) is 28.8 Å². The molecule has 0 radical (unpaired) electrons. The van der Waals surface area contributed by atoms with Gasteiger partial charge in [0.1, 0.15) is 22.4 Å². The van der Waals surface area contributed by atoms with Gasteiger partial charge in [0.2, 0.25) is 0 Å². The lowest BCUT2D eigenvalue weighted by molar-refractivity contribution is 0.719. The molecule has 0 spiro atoms. The standard InChI is InChI=1S/C12H17BrN6/c1-3-5-14-11-10(13)12(17-8-16-11)15-7-9-4-6-18-19(9)2/h4,6,8H,3,5,7H2,1-2H3,(H2,14,15,16,17). The fraction of sp³-hybridized carbons (Fsp3) is 0.417. The summed E-state index contributed by atoms with van der Waals surface area (Å²) in [6, 6.07) is 1.97. The SMILES string of the molecule is CCCNc1ncnc(NCc2ccnn2C)c1Br. The van der Waals surface area contributed by atoms with Crippen LogP contribution >= 0.6 is 15.9 Å². The van der Waals surface area contributed by atoms with Crippen molar-refractivity contribution in [1.82, 2.24) is 19.7 Å². The monoisotopic (exact) mass is 324 g/mol. The molecular formula is C12H17BrN6. The summed E-state index contributed by atoms with van der Waals surface area (Å²) in [6.45, 7) is 3.67. The van der Waals surface area contributed by atoms with Crippen LogP contribution in [0.25, 0.3) is 0 Å². The van der Waals surface area contributed by atoms with Crippen LogP contribution in [0.4, 0.5) is 11.6 Å². The van der Waals surface area contributed by atoms with Gasteiger partial charge in [-0.05, 0) is 28.4 Å². The van der Waals surface area contributed by atoms with Crippen molar-refractivity contribution in [3.8, 4) is 0 Å². The number of aryl methyl sites for hydroxylation is 1. The van der Waals surface area contributed by atoms with E-state index in [2.05, 4.69) is 48.6 Å². The van der Waals surface area contributed by atoms with E-state index >= 15 is 0 Å². The highest BCUT2D eigenvalue weighted by atomic mass is 79.9. The zero-order chi connectivity index (χ0) is 13.7. The third kappa shape index (κ3) is 3.44. The molecule has 7 heteroatoms. The van der Waals surface area contributed by atoms with E-state index in [1.165, 1.54) is 0 Å². The maximum atomic E-state index is 4.24. The first-order valence-electron chi connectivity index (χ1n) is 6.17. The van der Waals surface area contributed by atoms with Gasteiger partial charge >= 0.3 is 0 Å². The Labute approximate surface area is 120 Å². The van der Waals surface area contributed by atoms with E-state index < -0.39 is 0 Å². The Kier molecular flexibility index (Phi) is 4.73. The van der Waals surface area contributed by atoms with Gasteiger partial charge in [-0.1, -0.05) is 6.92 Å². The highest BCUT2D eigenvalue weighted by Crippen LogP contribution is 2.26. The van der Waals surface area contributed by atoms with Gasteiger partial charge in [0.05, 0.1) is 12.2 Å². The van der Waals surface area contributed by atoms with Crippen molar-refractivity contribution >= 4 is 27.6 Å². The number of hydrogen-bond acceptors (Lipinski definition) is 5. The summed E-state index contributed by atoms with van der Waals surface area (Å²) in [5.41, 5.74) is 1.09. The number of hydrogen-bond donors (Lipinski definition) is 2. The van der Waals surface area contributed by atoms with Crippen molar-refractivity contribution in [2.45, 2.75) is 19.9 Å². The third-order valence-corrected chi connectivity index (χ3v) is 3.44. The van der Waals surface area contributed by atoms with Crippen LogP contribution in [0.1, 0.15) is 19.0 Å². The molecule has 2 aromatic heterocycles. The average molecular weight is 325 g/mol. The molecule has 0 aliphatic rings. The molecule has 0 fully saturated rings. The Hall–Kier alpha value is -1.63. The molecule has 0 atom stereocenters. The molecule has 2 rings (SSSR count). The zero-order valence-corrected chi connectivity index (χ0v) is 12.6. The molecule has 0 unspecified atom stereocenters. The lowest BCUT2D eigenvalue weighted by Gasteiger charge is -2.11. The summed E-state index contributed by atoms with van der Waals surface area (Å²) >= 11 is 3.52. The smallest absolute Gasteiger partial charge is 0.146 e. The van der Waals surface area contributed by atoms with Crippen molar-refractivity contribution in [2.75, 3.05) is 17.2 Å². The van der Waals surface area contributed by atoms with Crippen LogP contribution in [0.3, 0.4) is 0 Å². The molecule has 2 N–H and O–H groups in total. The second kappa shape index (κ2) is 6.51. The van der Waals surface area contributed by atoms with E-state index in [1.54, 1.807) is 12.5 Å². The fourth-order valence-electron chi connectivity index (χ4n) is 1.61. The normalized spacial score (nSPS) is 10.5. The maximum Gasteiger partial charge on any atom is 0.146 e. The molecule has 0 saturated carbocycles. The van der Waals surface area contributed by atoms with Gasteiger partial charge < -0.3 is 10.6 Å². The van der Waals surface area contributed by atoms with Crippen molar-refractivity contribution in [1.29, 1.82) is 0 Å². The van der Waals surface area contributed by atoms with Crippen LogP contribution in [-0.4, -0.2) is 26.3 Å². The number of rotatable bonds is 6. The predicted octanol–water partition coefficient (Wildman–Crippen LogP) is 2.41. The van der Waals surface area contributed by atoms with E-state index in [0.717, 1.165) is 34.8 Å². The minimum absolute atomic E-state index is 0.666. The molecule has 0 bridgehead atoms. The number of halogens is 1. The highest BCUT2D eigenvalue weighted by Gasteiger charge is 2.08. The molecular weight excluding hydrogens is 308 g/mol. The molecule has 0 saturated heterocycles. The molecule has 2 aromatic rings. The summed E-state index contributed by atoms with van der Waals surface area (Å²) in [4.78, 5) is 8.45. The van der Waals surface area contributed by atoms with Crippen LogP contribution in [-0.2, 0) is 13.6 Å². The molecule has 102 valence electrons. The first-order valence-corrected chi connectivity index (χ1v) is 6.96. The number of nitrogens with zero attached hydrogens (tertiary/aromatic N) is 4. The molecule has 0 aliphatic carbocycles. The Morgan fingerprint density at radius 2 is 2.00 bits per heavy atom. The average Bonchev–Trinajstić information content (AvgIpc) is 2.82. The lowest BCUT2D eigenvalue weighted by Crippen LogP contribution is -2.09. The van der Waals surface area contributed by atoms with Crippen molar-refractivity contribution < 1.29 is 0 Å². The molecule has 2 heterocycles. The summed E-state index contributed by atoms with van der Waals surface area (Å²) in [7, 11) is 1.92. The maximum absolute atomic E-state index is 4.24. The summed E-state index contributed by atoms with van der Waals surface area (Å²) in [5, 5.41) is 10.7. The highest BCUT2D eigenvalue weighted by molar-refractivity contribution is 9.10. The fourth-order valence-corrected chi connectivity index (χ4v) is 2.09. The van der Waals surface area contributed by atoms with Crippen molar-refractivity contribution in [3.63, 3.8) is 0 Å². The van der Waals surface area contributed by atoms with Gasteiger partial charge in [0, 0.05) is 19.8 Å². The molecule has 0 aliphatic heterocycles. The van der Waals surface area contributed by atoms with Crippen LogP contribution in [0.15, 0.2) is 23.1 Å². The van der Waals surface area contributed by atoms with Gasteiger partial charge in [-0.2, -0.15) is 5.10 Å². The van der Waals surface area contributed by atoms with Crippen LogP contribution in [0.2, 0.25) is 0 Å². The molecule has 19 heavy (non-hydrogen) atoms. The van der Waals surface area contributed by atoms with Gasteiger partial charge in [-0.25, -0.2) is 9.97 Å². The number of nitrogens with one attached hydrogen (secondary N) is 2. The van der Waals surface area contributed by atoms with Crippen molar-refractivity contribution in [2.24, 2.45) is 7.05 Å². The zero-order valence-electron chi connectivity index (χ0n) is 11.0. The van der Waals surface area contributed by atoms with Gasteiger partial charge in [0.15, 0.2) is 0 Å². The van der Waals surface area contributed by atoms with E-state index in [9.17, 15) is 0 Å². The van der Waals surface area contributed by atoms with Crippen LogP contribution in [0.5, 0.6) is 0 Å². The largest absolute Gasteiger partial charge is 0.369 e. The van der Waals surface area contributed by atoms with Gasteiger partial charge in [0.25, 0.3) is 0 Å². The van der Waals surface area contributed by atoms with E-state index in [1.807, 2.05) is 17.8 Å². The lowest BCUT2D eigenvalue weighted by atomic mass is 10.4. The van der Waals surface area contributed by atoms with E-state index in [4.69, 9.17) is 0 Å². The summed E-state index contributed by atoms with van der Waals surface area (Å²) in [5.74, 6) is 1.58. The number of aromatic nitrogens is 4. The van der Waals surface area contributed by atoms with Crippen LogP contribution < -0.4 is 10.6 Å². The van der Waals surface area contributed by atoms with E-state index in [0.29, 0.717) is 6.54 Å². The first-order chi connectivity index (χ1) is 9.22. The van der Waals surface area contributed by atoms with E-state index in [-0.39, 0.29) is 0 Å². The quantitative estimate of drug-likeness (QED) is 0.854. The summed E-state index contributed by atoms with van der Waals surface area (Å²) in [6.07, 6.45) is 4.38. The molecule has 0 aromatic carbocycles. The Morgan fingerprint density at radius 1 is 1.26 bits per heavy atom. The van der Waals surface area contributed by atoms with Gasteiger partial charge in [-0.3, -0.25) is 4.68 Å². The number of anilines is 2. The minimum Gasteiger partial charge on any atom is -0.369 e. The Balaban J connectivity index is 2.06. The van der Waals surface area contributed by atoms with Crippen LogP contribution in [0, 0.1) is 0 Å². The predicted molar refractivity (Wildman–Crippen MR) is 79.0 cm³/mol. The Morgan fingerprint density at radius 3 is 2.63 bits per heavy atom. The second-order valence-corrected chi connectivity index (χ2v) is 4.90. The third-order valence-electron chi connectivity index (χ3n) is 2.69. The Bertz CT molecular complexity index is 539. The minimum atomic E-state index is 0.666.